The molecule has 1 heterocycles. The summed E-state index contributed by atoms with van der Waals surface area (Å²) in [4.78, 5) is 11.5. The minimum absolute atomic E-state index is 0.0859. The van der Waals surface area contributed by atoms with Gasteiger partial charge in [-0.3, -0.25) is 14.8 Å². The first kappa shape index (κ1) is 18.9. The van der Waals surface area contributed by atoms with Crippen molar-refractivity contribution in [1.29, 1.82) is 0 Å². The Bertz CT molecular complexity index is 912. The minimum atomic E-state index is -0.268. The second kappa shape index (κ2) is 8.70. The number of nitrogens with one attached hydrogen (secondary N) is 2. The Morgan fingerprint density at radius 1 is 1.19 bits per heavy atom. The molecule has 1 amide bonds. The molecule has 140 valence electrons. The van der Waals surface area contributed by atoms with E-state index < -0.39 is 0 Å². The molecular weight excluding hydrogens is 360 g/mol. The zero-order chi connectivity index (χ0) is 19.2. The molecular formula is C19H22N6OS. The monoisotopic (exact) mass is 382 g/mol. The molecule has 0 saturated heterocycles. The molecule has 3 aromatic rings. The Hall–Kier alpha value is -2.84. The van der Waals surface area contributed by atoms with Crippen molar-refractivity contribution in [3.63, 3.8) is 0 Å². The molecule has 0 fully saturated rings. The van der Waals surface area contributed by atoms with Crippen LogP contribution in [0.5, 0.6) is 0 Å². The van der Waals surface area contributed by atoms with Crippen molar-refractivity contribution in [2.45, 2.75) is 25.0 Å². The molecule has 0 unspecified atom stereocenters. The molecule has 0 aliphatic heterocycles. The van der Waals surface area contributed by atoms with Crippen molar-refractivity contribution in [3.05, 3.63) is 66.0 Å². The quantitative estimate of drug-likeness (QED) is 0.252. The summed E-state index contributed by atoms with van der Waals surface area (Å²) in [6.45, 7) is 4.09. The van der Waals surface area contributed by atoms with Crippen LogP contribution in [-0.4, -0.2) is 26.4 Å². The van der Waals surface area contributed by atoms with Crippen LogP contribution in [0.4, 0.5) is 5.69 Å². The normalized spacial score (nSPS) is 11.8. The van der Waals surface area contributed by atoms with Gasteiger partial charge < -0.3 is 5.32 Å². The van der Waals surface area contributed by atoms with Gasteiger partial charge in [0.2, 0.25) is 5.91 Å². The van der Waals surface area contributed by atoms with Gasteiger partial charge in [0.15, 0.2) is 11.0 Å². The first-order valence-corrected chi connectivity index (χ1v) is 9.53. The molecule has 0 spiro atoms. The lowest BCUT2D eigenvalue weighted by Gasteiger charge is -2.17. The molecule has 0 aliphatic rings. The molecule has 1 aromatic heterocycles. The Balaban J connectivity index is 1.92. The zero-order valence-corrected chi connectivity index (χ0v) is 16.0. The molecule has 1 atom stereocenters. The van der Waals surface area contributed by atoms with Gasteiger partial charge in [0, 0.05) is 11.4 Å². The predicted octanol–water partition coefficient (Wildman–Crippen LogP) is 2.83. The van der Waals surface area contributed by atoms with E-state index in [4.69, 9.17) is 5.84 Å². The Morgan fingerprint density at radius 3 is 2.67 bits per heavy atom. The van der Waals surface area contributed by atoms with Gasteiger partial charge in [-0.2, -0.15) is 0 Å². The number of carbonyl (C=O) groups excluding carboxylic acids is 1. The van der Waals surface area contributed by atoms with E-state index >= 15 is 0 Å². The molecule has 8 heteroatoms. The SMILES string of the molecule is Cc1cccc(N[C@@H](C)c2nnc(SCC(=O)NN)n2-c2ccccc2)c1. The first-order chi connectivity index (χ1) is 13.1. The van der Waals surface area contributed by atoms with Gasteiger partial charge in [-0.1, -0.05) is 42.1 Å². The van der Waals surface area contributed by atoms with Crippen LogP contribution in [0.2, 0.25) is 0 Å². The molecule has 0 saturated carbocycles. The maximum absolute atomic E-state index is 11.5. The Labute approximate surface area is 162 Å². The number of nitrogens with zero attached hydrogens (tertiary/aromatic N) is 3. The van der Waals surface area contributed by atoms with Gasteiger partial charge in [-0.15, -0.1) is 10.2 Å². The molecule has 0 aliphatic carbocycles. The highest BCUT2D eigenvalue weighted by atomic mass is 32.2. The van der Waals surface area contributed by atoms with E-state index in [1.54, 1.807) is 0 Å². The van der Waals surface area contributed by atoms with E-state index in [0.29, 0.717) is 5.16 Å². The van der Waals surface area contributed by atoms with Crippen molar-refractivity contribution in [3.8, 4) is 5.69 Å². The molecule has 27 heavy (non-hydrogen) atoms. The van der Waals surface area contributed by atoms with Gasteiger partial charge >= 0.3 is 0 Å². The van der Waals surface area contributed by atoms with Crippen molar-refractivity contribution in [1.82, 2.24) is 20.2 Å². The van der Waals surface area contributed by atoms with Gasteiger partial charge in [-0.05, 0) is 43.7 Å². The highest BCUT2D eigenvalue weighted by molar-refractivity contribution is 7.99. The standard InChI is InChI=1S/C19H22N6OS/c1-13-7-6-8-15(11-13)21-14(2)18-23-24-19(27-12-17(26)22-20)25(18)16-9-4-3-5-10-16/h3-11,14,21H,12,20H2,1-2H3,(H,22,26)/t14-/m0/s1. The van der Waals surface area contributed by atoms with Crippen LogP contribution in [0.1, 0.15) is 24.4 Å². The first-order valence-electron chi connectivity index (χ1n) is 8.54. The van der Waals surface area contributed by atoms with Crippen molar-refractivity contribution in [2.75, 3.05) is 11.1 Å². The third-order valence-corrected chi connectivity index (χ3v) is 4.88. The predicted molar refractivity (Wildman–Crippen MR) is 108 cm³/mol. The van der Waals surface area contributed by atoms with Gasteiger partial charge in [0.05, 0.1) is 11.8 Å². The molecule has 7 nitrogen and oxygen atoms in total. The largest absolute Gasteiger partial charge is 0.375 e. The molecule has 0 bridgehead atoms. The number of carbonyl (C=O) groups is 1. The summed E-state index contributed by atoms with van der Waals surface area (Å²) in [5, 5.41) is 12.8. The van der Waals surface area contributed by atoms with Crippen LogP contribution >= 0.6 is 11.8 Å². The Kier molecular flexibility index (Phi) is 6.10. The summed E-state index contributed by atoms with van der Waals surface area (Å²) >= 11 is 1.29. The van der Waals surface area contributed by atoms with Crippen LogP contribution in [-0.2, 0) is 4.79 Å². The third-order valence-electron chi connectivity index (χ3n) is 3.95. The molecule has 3 rings (SSSR count). The van der Waals surface area contributed by atoms with Crippen LogP contribution in [0, 0.1) is 6.92 Å². The smallest absolute Gasteiger partial charge is 0.244 e. The number of para-hydroxylation sites is 1. The van der Waals surface area contributed by atoms with E-state index in [0.717, 1.165) is 17.2 Å². The van der Waals surface area contributed by atoms with Crippen molar-refractivity contribution < 1.29 is 4.79 Å². The van der Waals surface area contributed by atoms with Crippen molar-refractivity contribution >= 4 is 23.4 Å². The lowest BCUT2D eigenvalue weighted by molar-refractivity contribution is -0.118. The van der Waals surface area contributed by atoms with Crippen LogP contribution < -0.4 is 16.6 Å². The van der Waals surface area contributed by atoms with E-state index in [9.17, 15) is 4.79 Å². The number of rotatable bonds is 7. The van der Waals surface area contributed by atoms with Gasteiger partial charge in [-0.25, -0.2) is 5.84 Å². The van der Waals surface area contributed by atoms with Crippen LogP contribution in [0.15, 0.2) is 59.8 Å². The zero-order valence-electron chi connectivity index (χ0n) is 15.2. The summed E-state index contributed by atoms with van der Waals surface area (Å²) in [6.07, 6.45) is 0. The number of hydrazine groups is 1. The fraction of sp³-hybridized carbons (Fsp3) is 0.211. The molecule has 2 aromatic carbocycles. The summed E-state index contributed by atoms with van der Waals surface area (Å²) in [7, 11) is 0. The number of aromatic nitrogens is 3. The molecule has 4 N–H and O–H groups in total. The second-order valence-corrected chi connectivity index (χ2v) is 7.05. The van der Waals surface area contributed by atoms with E-state index in [-0.39, 0.29) is 17.7 Å². The lowest BCUT2D eigenvalue weighted by atomic mass is 10.2. The lowest BCUT2D eigenvalue weighted by Crippen LogP contribution is -2.31. The Morgan fingerprint density at radius 2 is 1.96 bits per heavy atom. The number of amides is 1. The van der Waals surface area contributed by atoms with Crippen molar-refractivity contribution in [2.24, 2.45) is 5.84 Å². The highest BCUT2D eigenvalue weighted by Gasteiger charge is 2.20. The summed E-state index contributed by atoms with van der Waals surface area (Å²) < 4.78 is 1.96. The minimum Gasteiger partial charge on any atom is -0.375 e. The van der Waals surface area contributed by atoms with Crippen LogP contribution in [0.25, 0.3) is 5.69 Å². The van der Waals surface area contributed by atoms with E-state index in [1.807, 2.05) is 54.0 Å². The third kappa shape index (κ3) is 4.66. The van der Waals surface area contributed by atoms with E-state index in [1.165, 1.54) is 17.3 Å². The second-order valence-electron chi connectivity index (χ2n) is 6.10. The summed E-state index contributed by atoms with van der Waals surface area (Å²) in [6, 6.07) is 17.9. The number of hydrogen-bond donors (Lipinski definition) is 3. The number of thioether (sulfide) groups is 1. The maximum atomic E-state index is 11.5. The number of anilines is 1. The number of hydrogen-bond acceptors (Lipinski definition) is 6. The summed E-state index contributed by atoms with van der Waals surface area (Å²) in [5.41, 5.74) is 5.27. The summed E-state index contributed by atoms with van der Waals surface area (Å²) in [5.74, 6) is 5.83. The topological polar surface area (TPSA) is 97.9 Å². The number of benzene rings is 2. The highest BCUT2D eigenvalue weighted by Crippen LogP contribution is 2.27. The number of nitrogens with two attached hydrogens (primary N) is 1. The van der Waals surface area contributed by atoms with Gasteiger partial charge in [0.1, 0.15) is 0 Å². The molecule has 0 radical (unpaired) electrons. The average Bonchev–Trinajstić information content (AvgIpc) is 3.11. The van der Waals surface area contributed by atoms with Gasteiger partial charge in [0.25, 0.3) is 0 Å². The fourth-order valence-corrected chi connectivity index (χ4v) is 3.47. The fourth-order valence-electron chi connectivity index (χ4n) is 2.70. The maximum Gasteiger partial charge on any atom is 0.244 e. The average molecular weight is 382 g/mol. The number of aryl methyl sites for hydroxylation is 1. The van der Waals surface area contributed by atoms with Crippen LogP contribution in [0.3, 0.4) is 0 Å². The van der Waals surface area contributed by atoms with E-state index in [2.05, 4.69) is 40.0 Å².